The number of unbranched alkanes of at least 4 members (excludes halogenated alkanes) is 1. The molecular formula is C13H29ClN4O2. The van der Waals surface area contributed by atoms with Crippen molar-refractivity contribution in [2.45, 2.75) is 45.6 Å². The van der Waals surface area contributed by atoms with Crippen molar-refractivity contribution in [1.82, 2.24) is 10.2 Å². The molecule has 0 aliphatic rings. The van der Waals surface area contributed by atoms with Crippen LogP contribution in [-0.2, 0) is 4.79 Å². The molecule has 1 unspecified atom stereocenters. The number of nitrogens with zero attached hydrogens (tertiary/aromatic N) is 1. The van der Waals surface area contributed by atoms with Crippen LogP contribution in [0.3, 0.4) is 0 Å². The quantitative estimate of drug-likeness (QED) is 0.555. The Morgan fingerprint density at radius 1 is 1.25 bits per heavy atom. The van der Waals surface area contributed by atoms with Crippen molar-refractivity contribution in [3.8, 4) is 0 Å². The standard InChI is InChI=1S/C13H28N4O2.ClH/c1-10(2)11(14)7-9-17(3)12(18)6-4-5-8-16-13(15)19;/h10-11H,4-9,14H2,1-3H3,(H3,15,16,19);1H. The fourth-order valence-electron chi connectivity index (χ4n) is 1.60. The average molecular weight is 309 g/mol. The van der Waals surface area contributed by atoms with Crippen molar-refractivity contribution in [2.75, 3.05) is 20.1 Å². The van der Waals surface area contributed by atoms with Crippen LogP contribution in [0, 0.1) is 5.92 Å². The van der Waals surface area contributed by atoms with E-state index in [-0.39, 0.29) is 24.4 Å². The normalized spacial score (nSPS) is 11.7. The Morgan fingerprint density at radius 2 is 1.85 bits per heavy atom. The van der Waals surface area contributed by atoms with Crippen LogP contribution in [0.4, 0.5) is 4.79 Å². The highest BCUT2D eigenvalue weighted by Gasteiger charge is 2.12. The lowest BCUT2D eigenvalue weighted by atomic mass is 10.0. The highest BCUT2D eigenvalue weighted by molar-refractivity contribution is 5.85. The number of rotatable bonds is 9. The molecule has 0 rings (SSSR count). The van der Waals surface area contributed by atoms with Crippen molar-refractivity contribution in [1.29, 1.82) is 0 Å². The van der Waals surface area contributed by atoms with Crippen molar-refractivity contribution in [3.63, 3.8) is 0 Å². The molecule has 0 radical (unpaired) electrons. The summed E-state index contributed by atoms with van der Waals surface area (Å²) < 4.78 is 0. The van der Waals surface area contributed by atoms with Crippen LogP contribution in [0.5, 0.6) is 0 Å². The molecule has 20 heavy (non-hydrogen) atoms. The van der Waals surface area contributed by atoms with Gasteiger partial charge >= 0.3 is 6.03 Å². The van der Waals surface area contributed by atoms with Crippen LogP contribution in [0.2, 0.25) is 0 Å². The number of carbonyl (C=O) groups is 2. The van der Waals surface area contributed by atoms with E-state index in [0.717, 1.165) is 19.3 Å². The van der Waals surface area contributed by atoms with Crippen molar-refractivity contribution >= 4 is 24.3 Å². The van der Waals surface area contributed by atoms with Gasteiger partial charge in [-0.25, -0.2) is 4.79 Å². The van der Waals surface area contributed by atoms with Gasteiger partial charge in [0.2, 0.25) is 5.91 Å². The van der Waals surface area contributed by atoms with Crippen molar-refractivity contribution < 1.29 is 9.59 Å². The number of nitrogens with one attached hydrogen (secondary N) is 1. The maximum absolute atomic E-state index is 11.8. The topological polar surface area (TPSA) is 101 Å². The van der Waals surface area contributed by atoms with E-state index in [1.54, 1.807) is 11.9 Å². The first-order valence-corrected chi connectivity index (χ1v) is 6.87. The molecule has 0 spiro atoms. The van der Waals surface area contributed by atoms with Gasteiger partial charge in [-0.3, -0.25) is 4.79 Å². The Hall–Kier alpha value is -1.01. The van der Waals surface area contributed by atoms with Gasteiger partial charge in [-0.05, 0) is 25.2 Å². The lowest BCUT2D eigenvalue weighted by Gasteiger charge is -2.21. The molecule has 6 nitrogen and oxygen atoms in total. The molecule has 0 saturated heterocycles. The number of nitrogens with two attached hydrogens (primary N) is 2. The number of carbonyl (C=O) groups excluding carboxylic acids is 2. The number of halogens is 1. The van der Waals surface area contributed by atoms with E-state index < -0.39 is 6.03 Å². The maximum Gasteiger partial charge on any atom is 0.312 e. The van der Waals surface area contributed by atoms with Gasteiger partial charge in [-0.2, -0.15) is 0 Å². The Labute approximate surface area is 128 Å². The van der Waals surface area contributed by atoms with Crippen molar-refractivity contribution in [2.24, 2.45) is 17.4 Å². The van der Waals surface area contributed by atoms with Gasteiger partial charge in [0.15, 0.2) is 0 Å². The first-order valence-electron chi connectivity index (χ1n) is 6.87. The molecule has 0 fully saturated rings. The predicted molar refractivity (Wildman–Crippen MR) is 83.8 cm³/mol. The van der Waals surface area contributed by atoms with Gasteiger partial charge in [0.25, 0.3) is 0 Å². The van der Waals surface area contributed by atoms with E-state index in [9.17, 15) is 9.59 Å². The zero-order valence-electron chi connectivity index (χ0n) is 12.7. The summed E-state index contributed by atoms with van der Waals surface area (Å²) in [5.41, 5.74) is 10.9. The maximum atomic E-state index is 11.8. The van der Waals surface area contributed by atoms with Gasteiger partial charge in [0.05, 0.1) is 0 Å². The second-order valence-corrected chi connectivity index (χ2v) is 5.26. The van der Waals surface area contributed by atoms with Gasteiger partial charge in [0.1, 0.15) is 0 Å². The van der Waals surface area contributed by atoms with E-state index >= 15 is 0 Å². The summed E-state index contributed by atoms with van der Waals surface area (Å²) in [7, 11) is 1.80. The monoisotopic (exact) mass is 308 g/mol. The molecule has 0 aliphatic heterocycles. The van der Waals surface area contributed by atoms with Crippen LogP contribution in [0.1, 0.15) is 39.5 Å². The summed E-state index contributed by atoms with van der Waals surface area (Å²) >= 11 is 0. The zero-order chi connectivity index (χ0) is 14.8. The highest BCUT2D eigenvalue weighted by atomic mass is 35.5. The molecule has 1 atom stereocenters. The Bertz CT molecular complexity index is 288. The van der Waals surface area contributed by atoms with Crippen LogP contribution in [-0.4, -0.2) is 43.0 Å². The second kappa shape index (κ2) is 11.8. The third kappa shape index (κ3) is 10.9. The summed E-state index contributed by atoms with van der Waals surface area (Å²) in [5.74, 6) is 0.554. The average Bonchev–Trinajstić information content (AvgIpc) is 2.34. The smallest absolute Gasteiger partial charge is 0.312 e. The lowest BCUT2D eigenvalue weighted by molar-refractivity contribution is -0.130. The second-order valence-electron chi connectivity index (χ2n) is 5.26. The first-order chi connectivity index (χ1) is 8.84. The largest absolute Gasteiger partial charge is 0.352 e. The molecule has 5 N–H and O–H groups in total. The molecule has 0 bridgehead atoms. The molecular weight excluding hydrogens is 280 g/mol. The molecule has 0 aromatic carbocycles. The minimum atomic E-state index is -0.522. The summed E-state index contributed by atoms with van der Waals surface area (Å²) in [6.45, 7) is 5.37. The summed E-state index contributed by atoms with van der Waals surface area (Å²) in [6, 6.07) is -0.388. The van der Waals surface area contributed by atoms with E-state index in [1.165, 1.54) is 0 Å². The minimum Gasteiger partial charge on any atom is -0.352 e. The van der Waals surface area contributed by atoms with Gasteiger partial charge < -0.3 is 21.7 Å². The third-order valence-electron chi connectivity index (χ3n) is 3.20. The van der Waals surface area contributed by atoms with Crippen LogP contribution < -0.4 is 16.8 Å². The van der Waals surface area contributed by atoms with Crippen LogP contribution in [0.25, 0.3) is 0 Å². The molecule has 0 aliphatic carbocycles. The van der Waals surface area contributed by atoms with Crippen LogP contribution in [0.15, 0.2) is 0 Å². The van der Waals surface area contributed by atoms with E-state index in [1.807, 2.05) is 0 Å². The molecule has 3 amide bonds. The number of amides is 3. The Balaban J connectivity index is 0. The minimum absolute atomic E-state index is 0. The lowest BCUT2D eigenvalue weighted by Crippen LogP contribution is -2.34. The fraction of sp³-hybridized carbons (Fsp3) is 0.846. The SMILES string of the molecule is CC(C)C(N)CCN(C)C(=O)CCCCNC(N)=O.Cl. The van der Waals surface area contributed by atoms with Gasteiger partial charge in [0, 0.05) is 32.6 Å². The van der Waals surface area contributed by atoms with E-state index in [0.29, 0.717) is 25.4 Å². The number of primary amides is 1. The summed E-state index contributed by atoms with van der Waals surface area (Å²) in [4.78, 5) is 24.0. The third-order valence-corrected chi connectivity index (χ3v) is 3.20. The Morgan fingerprint density at radius 3 is 2.35 bits per heavy atom. The van der Waals surface area contributed by atoms with E-state index in [2.05, 4.69) is 19.2 Å². The molecule has 0 heterocycles. The predicted octanol–water partition coefficient (Wildman–Crippen LogP) is 1.08. The molecule has 7 heteroatoms. The van der Waals surface area contributed by atoms with Crippen LogP contribution >= 0.6 is 12.4 Å². The zero-order valence-corrected chi connectivity index (χ0v) is 13.5. The number of hydrogen-bond donors (Lipinski definition) is 3. The van der Waals surface area contributed by atoms with Gasteiger partial charge in [-0.1, -0.05) is 13.8 Å². The fourth-order valence-corrected chi connectivity index (χ4v) is 1.60. The highest BCUT2D eigenvalue weighted by Crippen LogP contribution is 2.05. The number of urea groups is 1. The van der Waals surface area contributed by atoms with Crippen molar-refractivity contribution in [3.05, 3.63) is 0 Å². The molecule has 0 saturated carbocycles. The molecule has 120 valence electrons. The first kappa shape index (κ1) is 21.3. The summed E-state index contributed by atoms with van der Waals surface area (Å²) in [5, 5.41) is 2.50. The summed E-state index contributed by atoms with van der Waals surface area (Å²) in [6.07, 6.45) is 2.82. The Kier molecular flexibility index (Phi) is 12.5. The molecule has 0 aromatic heterocycles. The van der Waals surface area contributed by atoms with Gasteiger partial charge in [-0.15, -0.1) is 12.4 Å². The van der Waals surface area contributed by atoms with E-state index in [4.69, 9.17) is 11.5 Å². The molecule has 0 aromatic rings. The number of hydrogen-bond acceptors (Lipinski definition) is 3.